The van der Waals surface area contributed by atoms with Gasteiger partial charge in [-0.15, -0.1) is 11.3 Å². The number of hydrogen-bond donors (Lipinski definition) is 2. The third-order valence-electron chi connectivity index (χ3n) is 4.33. The van der Waals surface area contributed by atoms with Crippen molar-refractivity contribution >= 4 is 29.0 Å². The summed E-state index contributed by atoms with van der Waals surface area (Å²) in [5.74, 6) is -0.0741. The molecule has 28 heavy (non-hydrogen) atoms. The summed E-state index contributed by atoms with van der Waals surface area (Å²) in [6.45, 7) is 6.64. The molecule has 1 atom stereocenters. The average molecular weight is 404 g/mol. The number of likely N-dealkylation sites (N-methyl/N-ethyl adjacent to an activating group) is 1. The first-order chi connectivity index (χ1) is 13.2. The number of amides is 3. The third kappa shape index (κ3) is 6.03. The van der Waals surface area contributed by atoms with E-state index in [9.17, 15) is 9.59 Å². The van der Waals surface area contributed by atoms with Crippen LogP contribution in [0.4, 0.5) is 10.5 Å². The van der Waals surface area contributed by atoms with Gasteiger partial charge < -0.3 is 20.4 Å². The summed E-state index contributed by atoms with van der Waals surface area (Å²) in [6.07, 6.45) is 0. The molecule has 1 aromatic heterocycles. The van der Waals surface area contributed by atoms with E-state index in [1.165, 1.54) is 0 Å². The number of nitrogens with zero attached hydrogens (tertiary/aromatic N) is 3. The van der Waals surface area contributed by atoms with Crippen LogP contribution in [-0.4, -0.2) is 54.4 Å². The Morgan fingerprint density at radius 2 is 1.93 bits per heavy atom. The number of urea groups is 1. The van der Waals surface area contributed by atoms with Gasteiger partial charge in [-0.25, -0.2) is 9.78 Å². The third-order valence-corrected chi connectivity index (χ3v) is 5.58. The smallest absolute Gasteiger partial charge is 0.317 e. The van der Waals surface area contributed by atoms with Crippen LogP contribution in [0.2, 0.25) is 0 Å². The molecule has 2 N–H and O–H groups in total. The second-order valence-electron chi connectivity index (χ2n) is 7.11. The zero-order valence-corrected chi connectivity index (χ0v) is 18.2. The van der Waals surface area contributed by atoms with Gasteiger partial charge in [0, 0.05) is 24.2 Å². The summed E-state index contributed by atoms with van der Waals surface area (Å²) in [6, 6.07) is 7.28. The minimum Gasteiger partial charge on any atom is -0.334 e. The molecule has 152 valence electrons. The van der Waals surface area contributed by atoms with E-state index in [-0.39, 0.29) is 18.0 Å². The van der Waals surface area contributed by atoms with E-state index in [0.29, 0.717) is 13.1 Å². The Balaban J connectivity index is 1.94. The van der Waals surface area contributed by atoms with Crippen molar-refractivity contribution in [2.45, 2.75) is 33.4 Å². The lowest BCUT2D eigenvalue weighted by atomic mass is 10.2. The largest absolute Gasteiger partial charge is 0.334 e. The predicted molar refractivity (Wildman–Crippen MR) is 114 cm³/mol. The summed E-state index contributed by atoms with van der Waals surface area (Å²) in [4.78, 5) is 33.5. The quantitative estimate of drug-likeness (QED) is 0.744. The van der Waals surface area contributed by atoms with Crippen LogP contribution < -0.4 is 10.6 Å². The maximum Gasteiger partial charge on any atom is 0.317 e. The van der Waals surface area contributed by atoms with E-state index in [1.807, 2.05) is 64.0 Å². The fraction of sp³-hybridized carbons (Fsp3) is 0.450. The number of aromatic nitrogens is 1. The Labute approximate surface area is 170 Å². The van der Waals surface area contributed by atoms with E-state index in [1.54, 1.807) is 23.3 Å². The highest BCUT2D eigenvalue weighted by molar-refractivity contribution is 7.11. The van der Waals surface area contributed by atoms with Crippen LogP contribution in [0.1, 0.15) is 34.1 Å². The maximum atomic E-state index is 12.6. The highest BCUT2D eigenvalue weighted by Gasteiger charge is 2.21. The lowest BCUT2D eigenvalue weighted by Gasteiger charge is -2.24. The molecule has 7 nitrogen and oxygen atoms in total. The number of rotatable bonds is 7. The van der Waals surface area contributed by atoms with Crippen LogP contribution in [-0.2, 0) is 11.3 Å². The molecule has 2 aromatic rings. The molecule has 0 aliphatic rings. The van der Waals surface area contributed by atoms with E-state index >= 15 is 0 Å². The van der Waals surface area contributed by atoms with Crippen molar-refractivity contribution in [1.82, 2.24) is 20.1 Å². The molecule has 0 fully saturated rings. The molecule has 0 saturated heterocycles. The molecule has 1 heterocycles. The molecule has 0 saturated carbocycles. The van der Waals surface area contributed by atoms with Crippen molar-refractivity contribution in [3.63, 3.8) is 0 Å². The highest BCUT2D eigenvalue weighted by atomic mass is 32.1. The predicted octanol–water partition coefficient (Wildman–Crippen LogP) is 3.16. The summed E-state index contributed by atoms with van der Waals surface area (Å²) in [5.41, 5.74) is 2.61. The molecule has 0 aliphatic carbocycles. The molecule has 8 heteroatoms. The zero-order valence-electron chi connectivity index (χ0n) is 17.4. The molecular formula is C20H29N5O2S. The standard InChI is InChI=1S/C20H29N5O2S/c1-13-19(28-15(3)22-13)14(2)25(6)20(27)21-11-16-8-7-9-17(10-16)23-18(26)12-24(4)5/h7-10,14H,11-12H2,1-6H3,(H,21,27)(H,23,26). The lowest BCUT2D eigenvalue weighted by Crippen LogP contribution is -2.38. The monoisotopic (exact) mass is 403 g/mol. The number of anilines is 1. The zero-order chi connectivity index (χ0) is 20.8. The van der Waals surface area contributed by atoms with Gasteiger partial charge in [0.2, 0.25) is 5.91 Å². The fourth-order valence-corrected chi connectivity index (χ4v) is 3.86. The highest BCUT2D eigenvalue weighted by Crippen LogP contribution is 2.28. The maximum absolute atomic E-state index is 12.6. The summed E-state index contributed by atoms with van der Waals surface area (Å²) >= 11 is 1.62. The van der Waals surface area contributed by atoms with Crippen LogP contribution in [0.25, 0.3) is 0 Å². The summed E-state index contributed by atoms with van der Waals surface area (Å²) < 4.78 is 0. The Bertz CT molecular complexity index is 834. The van der Waals surface area contributed by atoms with Crippen molar-refractivity contribution in [1.29, 1.82) is 0 Å². The molecule has 0 radical (unpaired) electrons. The molecule has 3 amide bonds. The first-order valence-electron chi connectivity index (χ1n) is 9.15. The van der Waals surface area contributed by atoms with Crippen molar-refractivity contribution in [2.75, 3.05) is 33.0 Å². The molecule has 0 aliphatic heterocycles. The number of nitrogens with one attached hydrogen (secondary N) is 2. The Morgan fingerprint density at radius 1 is 1.21 bits per heavy atom. The Hall–Kier alpha value is -2.45. The fourth-order valence-electron chi connectivity index (χ4n) is 2.84. The van der Waals surface area contributed by atoms with Gasteiger partial charge in [-0.1, -0.05) is 12.1 Å². The Kier molecular flexibility index (Phi) is 7.53. The van der Waals surface area contributed by atoms with Crippen molar-refractivity contribution in [2.24, 2.45) is 0 Å². The van der Waals surface area contributed by atoms with E-state index in [2.05, 4.69) is 15.6 Å². The van der Waals surface area contributed by atoms with E-state index in [0.717, 1.165) is 26.8 Å². The van der Waals surface area contributed by atoms with Crippen molar-refractivity contribution in [3.05, 3.63) is 45.4 Å². The number of hydrogen-bond acceptors (Lipinski definition) is 5. The molecule has 1 unspecified atom stereocenters. The molecule has 0 bridgehead atoms. The second kappa shape index (κ2) is 9.66. The van der Waals surface area contributed by atoms with Crippen LogP contribution in [0, 0.1) is 13.8 Å². The van der Waals surface area contributed by atoms with Gasteiger partial charge in [0.1, 0.15) is 0 Å². The van der Waals surface area contributed by atoms with Gasteiger partial charge in [-0.05, 0) is 52.6 Å². The van der Waals surface area contributed by atoms with Crippen LogP contribution >= 0.6 is 11.3 Å². The minimum atomic E-state index is -0.153. The van der Waals surface area contributed by atoms with Gasteiger partial charge >= 0.3 is 6.03 Å². The van der Waals surface area contributed by atoms with Crippen molar-refractivity contribution < 1.29 is 9.59 Å². The number of thiazole rings is 1. The number of benzene rings is 1. The van der Waals surface area contributed by atoms with Gasteiger partial charge in [0.25, 0.3) is 0 Å². The van der Waals surface area contributed by atoms with Crippen molar-refractivity contribution in [3.8, 4) is 0 Å². The molecule has 0 spiro atoms. The van der Waals surface area contributed by atoms with Gasteiger partial charge in [-0.2, -0.15) is 0 Å². The number of aryl methyl sites for hydroxylation is 2. The van der Waals surface area contributed by atoms with Gasteiger partial charge in [-0.3, -0.25) is 4.79 Å². The van der Waals surface area contributed by atoms with Gasteiger partial charge in [0.15, 0.2) is 0 Å². The Morgan fingerprint density at radius 3 is 2.54 bits per heavy atom. The normalized spacial score (nSPS) is 12.0. The average Bonchev–Trinajstić information content (AvgIpc) is 2.96. The minimum absolute atomic E-state index is 0.0529. The van der Waals surface area contributed by atoms with Crippen LogP contribution in [0.3, 0.4) is 0 Å². The van der Waals surface area contributed by atoms with Gasteiger partial charge in [0.05, 0.1) is 23.3 Å². The van der Waals surface area contributed by atoms with Crippen LogP contribution in [0.5, 0.6) is 0 Å². The van der Waals surface area contributed by atoms with E-state index < -0.39 is 0 Å². The molecule has 1 aromatic carbocycles. The summed E-state index contributed by atoms with van der Waals surface area (Å²) in [7, 11) is 5.47. The molecule has 2 rings (SSSR count). The topological polar surface area (TPSA) is 77.6 Å². The first kappa shape index (κ1) is 21.8. The van der Waals surface area contributed by atoms with E-state index in [4.69, 9.17) is 0 Å². The first-order valence-corrected chi connectivity index (χ1v) is 9.97. The lowest BCUT2D eigenvalue weighted by molar-refractivity contribution is -0.116. The number of carbonyl (C=O) groups excluding carboxylic acids is 2. The second-order valence-corrected chi connectivity index (χ2v) is 8.35. The van der Waals surface area contributed by atoms with Crippen LogP contribution in [0.15, 0.2) is 24.3 Å². The molecular weight excluding hydrogens is 374 g/mol. The summed E-state index contributed by atoms with van der Waals surface area (Å²) in [5, 5.41) is 6.80. The SMILES string of the molecule is Cc1nc(C)c(C(C)N(C)C(=O)NCc2cccc(NC(=O)CN(C)C)c2)s1. The number of carbonyl (C=O) groups is 2.